The molecule has 3 N–H and O–H groups in total. The molecule has 19 heavy (non-hydrogen) atoms. The molecule has 0 aliphatic heterocycles. The van der Waals surface area contributed by atoms with Crippen molar-refractivity contribution in [3.63, 3.8) is 0 Å². The van der Waals surface area contributed by atoms with Crippen molar-refractivity contribution >= 4 is 23.4 Å². The third-order valence-electron chi connectivity index (χ3n) is 2.11. The van der Waals surface area contributed by atoms with Crippen LogP contribution in [0.3, 0.4) is 0 Å². The van der Waals surface area contributed by atoms with Gasteiger partial charge in [-0.3, -0.25) is 15.0 Å². The zero-order chi connectivity index (χ0) is 14.4. The number of hydroxylamine groups is 1. The zero-order valence-electron chi connectivity index (χ0n) is 9.87. The second-order valence-electron chi connectivity index (χ2n) is 3.45. The molecule has 0 atom stereocenters. The first-order valence-electron chi connectivity index (χ1n) is 5.06. The molecule has 0 unspecified atom stereocenters. The Morgan fingerprint density at radius 2 is 2.16 bits per heavy atom. The van der Waals surface area contributed by atoms with Crippen molar-refractivity contribution in [2.75, 3.05) is 11.9 Å². The van der Waals surface area contributed by atoms with Gasteiger partial charge in [0, 0.05) is 6.07 Å². The van der Waals surface area contributed by atoms with E-state index >= 15 is 0 Å². The van der Waals surface area contributed by atoms with Gasteiger partial charge in [0.05, 0.1) is 16.2 Å². The number of hydrogen-bond acceptors (Lipinski definition) is 5. The molecule has 1 aromatic carbocycles. The molecule has 2 amide bonds. The van der Waals surface area contributed by atoms with Gasteiger partial charge in [0.25, 0.3) is 5.69 Å². The fraction of sp³-hybridized carbons (Fsp3) is 0.200. The summed E-state index contributed by atoms with van der Waals surface area (Å²) in [6.45, 7) is 0.785. The fourth-order valence-corrected chi connectivity index (χ4v) is 1.27. The maximum atomic E-state index is 11.3. The Morgan fingerprint density at radius 1 is 1.47 bits per heavy atom. The van der Waals surface area contributed by atoms with E-state index in [1.807, 2.05) is 5.48 Å². The third kappa shape index (κ3) is 4.24. The number of nitrogens with zero attached hydrogens (tertiary/aromatic N) is 1. The molecule has 1 rings (SSSR count). The SMILES string of the molecule is Cc1c(NC(=O)NOCC(=O)O)cccc1[N+](=O)[O-]. The summed E-state index contributed by atoms with van der Waals surface area (Å²) in [4.78, 5) is 35.9. The number of carbonyl (C=O) groups excluding carboxylic acids is 1. The van der Waals surface area contributed by atoms with Crippen molar-refractivity contribution in [3.8, 4) is 0 Å². The average Bonchev–Trinajstić information content (AvgIpc) is 2.31. The lowest BCUT2D eigenvalue weighted by Crippen LogP contribution is -2.31. The fourth-order valence-electron chi connectivity index (χ4n) is 1.27. The number of carboxylic acid groups (broad SMARTS) is 1. The van der Waals surface area contributed by atoms with Crippen LogP contribution in [0, 0.1) is 17.0 Å². The number of anilines is 1. The minimum Gasteiger partial charge on any atom is -0.479 e. The third-order valence-corrected chi connectivity index (χ3v) is 2.11. The number of nitro groups is 1. The predicted molar refractivity (Wildman–Crippen MR) is 63.6 cm³/mol. The number of benzene rings is 1. The Bertz CT molecular complexity index is 516. The van der Waals surface area contributed by atoms with Crippen LogP contribution in [-0.2, 0) is 9.63 Å². The van der Waals surface area contributed by atoms with Gasteiger partial charge in [-0.05, 0) is 13.0 Å². The van der Waals surface area contributed by atoms with Gasteiger partial charge in [-0.25, -0.2) is 15.1 Å². The Balaban J connectivity index is 2.67. The quantitative estimate of drug-likeness (QED) is 0.540. The largest absolute Gasteiger partial charge is 0.479 e. The first kappa shape index (κ1) is 14.4. The summed E-state index contributed by atoms with van der Waals surface area (Å²) >= 11 is 0. The molecule has 0 saturated carbocycles. The van der Waals surface area contributed by atoms with Gasteiger partial charge in [-0.2, -0.15) is 0 Å². The van der Waals surface area contributed by atoms with Crippen LogP contribution in [0.5, 0.6) is 0 Å². The number of aliphatic carboxylic acids is 1. The highest BCUT2D eigenvalue weighted by Gasteiger charge is 2.14. The highest BCUT2D eigenvalue weighted by Crippen LogP contribution is 2.24. The number of carbonyl (C=O) groups is 2. The summed E-state index contributed by atoms with van der Waals surface area (Å²) in [7, 11) is 0. The van der Waals surface area contributed by atoms with Gasteiger partial charge in [-0.15, -0.1) is 0 Å². The molecule has 0 aliphatic rings. The summed E-state index contributed by atoms with van der Waals surface area (Å²) < 4.78 is 0. The summed E-state index contributed by atoms with van der Waals surface area (Å²) in [6.07, 6.45) is 0. The van der Waals surface area contributed by atoms with Crippen LogP contribution >= 0.6 is 0 Å². The van der Waals surface area contributed by atoms with E-state index in [-0.39, 0.29) is 16.9 Å². The average molecular weight is 269 g/mol. The number of nitro benzene ring substituents is 1. The molecule has 0 aliphatic carbocycles. The Labute approximate surface area is 107 Å². The van der Waals surface area contributed by atoms with Crippen molar-refractivity contribution in [2.24, 2.45) is 0 Å². The molecule has 0 fully saturated rings. The van der Waals surface area contributed by atoms with E-state index in [0.29, 0.717) is 0 Å². The lowest BCUT2D eigenvalue weighted by atomic mass is 10.1. The smallest absolute Gasteiger partial charge is 0.343 e. The number of amides is 2. The first-order valence-corrected chi connectivity index (χ1v) is 5.06. The molecule has 9 heteroatoms. The predicted octanol–water partition coefficient (Wildman–Crippen LogP) is 1.04. The van der Waals surface area contributed by atoms with E-state index < -0.39 is 23.5 Å². The van der Waals surface area contributed by atoms with Gasteiger partial charge in [0.15, 0.2) is 6.61 Å². The van der Waals surface area contributed by atoms with Crippen LogP contribution in [-0.4, -0.2) is 28.6 Å². The van der Waals surface area contributed by atoms with E-state index in [9.17, 15) is 19.7 Å². The van der Waals surface area contributed by atoms with Gasteiger partial charge >= 0.3 is 12.0 Å². The standard InChI is InChI=1S/C10H11N3O6/c1-6-7(3-2-4-8(6)13(17)18)11-10(16)12-19-5-9(14)15/h2-4H,5H2,1H3,(H,14,15)(H2,11,12,16). The molecule has 0 heterocycles. The summed E-state index contributed by atoms with van der Waals surface area (Å²) in [5, 5.41) is 21.3. The molecule has 9 nitrogen and oxygen atoms in total. The number of urea groups is 1. The van der Waals surface area contributed by atoms with Crippen LogP contribution in [0.2, 0.25) is 0 Å². The monoisotopic (exact) mass is 269 g/mol. The summed E-state index contributed by atoms with van der Waals surface area (Å²) in [5.74, 6) is -1.24. The van der Waals surface area contributed by atoms with Gasteiger partial charge in [-0.1, -0.05) is 6.07 Å². The minimum atomic E-state index is -1.24. The molecular formula is C10H11N3O6. The molecule has 0 saturated heterocycles. The molecule has 0 bridgehead atoms. The van der Waals surface area contributed by atoms with E-state index in [0.717, 1.165) is 0 Å². The van der Waals surface area contributed by atoms with E-state index in [2.05, 4.69) is 10.2 Å². The topological polar surface area (TPSA) is 131 Å². The molecule has 1 aromatic rings. The van der Waals surface area contributed by atoms with Crippen LogP contribution in [0.15, 0.2) is 18.2 Å². The maximum Gasteiger partial charge on any atom is 0.343 e. The second-order valence-corrected chi connectivity index (χ2v) is 3.45. The summed E-state index contributed by atoms with van der Waals surface area (Å²) in [5.41, 5.74) is 2.21. The van der Waals surface area contributed by atoms with E-state index in [1.165, 1.54) is 25.1 Å². The van der Waals surface area contributed by atoms with E-state index in [1.54, 1.807) is 0 Å². The Kier molecular flexibility index (Phi) is 4.77. The minimum absolute atomic E-state index is 0.135. The highest BCUT2D eigenvalue weighted by molar-refractivity contribution is 5.90. The number of rotatable bonds is 5. The van der Waals surface area contributed by atoms with Gasteiger partial charge < -0.3 is 10.4 Å². The number of carboxylic acids is 1. The Morgan fingerprint density at radius 3 is 2.74 bits per heavy atom. The highest BCUT2D eigenvalue weighted by atomic mass is 16.7. The first-order chi connectivity index (χ1) is 8.91. The zero-order valence-corrected chi connectivity index (χ0v) is 9.87. The van der Waals surface area contributed by atoms with Crippen LogP contribution in [0.4, 0.5) is 16.2 Å². The van der Waals surface area contributed by atoms with Crippen LogP contribution in [0.25, 0.3) is 0 Å². The van der Waals surface area contributed by atoms with Crippen molar-refractivity contribution in [1.29, 1.82) is 0 Å². The maximum absolute atomic E-state index is 11.3. The summed E-state index contributed by atoms with van der Waals surface area (Å²) in [6, 6.07) is 3.36. The molecule has 0 aromatic heterocycles. The van der Waals surface area contributed by atoms with Gasteiger partial charge in [0.1, 0.15) is 0 Å². The normalized spacial score (nSPS) is 9.74. The lowest BCUT2D eigenvalue weighted by Gasteiger charge is -2.09. The van der Waals surface area contributed by atoms with Crippen molar-refractivity contribution < 1.29 is 24.5 Å². The van der Waals surface area contributed by atoms with Crippen LogP contribution in [0.1, 0.15) is 5.56 Å². The van der Waals surface area contributed by atoms with Crippen molar-refractivity contribution in [2.45, 2.75) is 6.92 Å². The van der Waals surface area contributed by atoms with Crippen LogP contribution < -0.4 is 10.8 Å². The second kappa shape index (κ2) is 6.31. The molecule has 102 valence electrons. The number of nitrogens with one attached hydrogen (secondary N) is 2. The Hall–Kier alpha value is -2.68. The molecular weight excluding hydrogens is 258 g/mol. The lowest BCUT2D eigenvalue weighted by molar-refractivity contribution is -0.385. The van der Waals surface area contributed by atoms with Gasteiger partial charge in [0.2, 0.25) is 0 Å². The molecule has 0 radical (unpaired) electrons. The number of hydrogen-bond donors (Lipinski definition) is 3. The van der Waals surface area contributed by atoms with Crippen molar-refractivity contribution in [3.05, 3.63) is 33.9 Å². The van der Waals surface area contributed by atoms with E-state index in [4.69, 9.17) is 5.11 Å². The van der Waals surface area contributed by atoms with Crippen molar-refractivity contribution in [1.82, 2.24) is 5.48 Å². The molecule has 0 spiro atoms.